The molecule has 0 aromatic heterocycles. The molecule has 0 spiro atoms. The molecule has 0 aliphatic heterocycles. The summed E-state index contributed by atoms with van der Waals surface area (Å²) in [5.41, 5.74) is 4.74. The maximum absolute atomic E-state index is 10.3. The maximum atomic E-state index is 10.3. The fourth-order valence-corrected chi connectivity index (χ4v) is 3.85. The van der Waals surface area contributed by atoms with Gasteiger partial charge in [-0.2, -0.15) is 0 Å². The number of carboxylic acid groups (broad SMARTS) is 3. The van der Waals surface area contributed by atoms with Crippen molar-refractivity contribution in [3.63, 3.8) is 0 Å². The number of carbonyl (C=O) groups is 3. The molecule has 9 nitrogen and oxygen atoms in total. The highest BCUT2D eigenvalue weighted by Crippen LogP contribution is 2.42. The fourth-order valence-electron chi connectivity index (χ4n) is 3.85. The van der Waals surface area contributed by atoms with Gasteiger partial charge in [-0.3, -0.25) is 14.5 Å². The lowest BCUT2D eigenvalue weighted by molar-refractivity contribution is -0.170. The summed E-state index contributed by atoms with van der Waals surface area (Å²) < 4.78 is 0. The number of benzene rings is 1. The Morgan fingerprint density at radius 2 is 1.50 bits per heavy atom. The monoisotopic (exact) mass is 424 g/mol. The van der Waals surface area contributed by atoms with Crippen LogP contribution in [0.3, 0.4) is 0 Å². The normalized spacial score (nSPS) is 21.4. The second-order valence-electron chi connectivity index (χ2n) is 7.95. The Hall–Kier alpha value is -2.49. The van der Waals surface area contributed by atoms with E-state index in [1.807, 2.05) is 0 Å². The average molecular weight is 424 g/mol. The van der Waals surface area contributed by atoms with Crippen LogP contribution in [0.4, 0.5) is 0 Å². The molecule has 0 atom stereocenters. The van der Waals surface area contributed by atoms with Crippen molar-refractivity contribution < 1.29 is 34.8 Å². The summed E-state index contributed by atoms with van der Waals surface area (Å²) >= 11 is 0. The molecular weight excluding hydrogens is 392 g/mol. The first-order valence-electron chi connectivity index (χ1n) is 9.79. The second kappa shape index (κ2) is 11.1. The highest BCUT2D eigenvalue weighted by atomic mass is 16.4. The Morgan fingerprint density at radius 1 is 1.03 bits per heavy atom. The van der Waals surface area contributed by atoms with Gasteiger partial charge in [0.2, 0.25) is 0 Å². The van der Waals surface area contributed by atoms with Gasteiger partial charge in [0, 0.05) is 5.54 Å². The van der Waals surface area contributed by atoms with Gasteiger partial charge >= 0.3 is 17.9 Å². The Kier molecular flexibility index (Phi) is 9.41. The van der Waals surface area contributed by atoms with Gasteiger partial charge in [-0.05, 0) is 57.8 Å². The predicted molar refractivity (Wildman–Crippen MR) is 110 cm³/mol. The molecule has 1 aliphatic rings. The molecule has 0 bridgehead atoms. The number of nitrogens with two attached hydrogens (primary N) is 1. The first-order chi connectivity index (χ1) is 14.0. The van der Waals surface area contributed by atoms with Crippen LogP contribution in [0, 0.1) is 5.92 Å². The van der Waals surface area contributed by atoms with Crippen molar-refractivity contribution in [2.45, 2.75) is 49.7 Å². The smallest absolute Gasteiger partial charge is 0.336 e. The molecule has 0 amide bonds. The number of carboxylic acids is 3. The summed E-state index contributed by atoms with van der Waals surface area (Å²) in [6, 6.07) is 10.9. The molecule has 0 heterocycles. The van der Waals surface area contributed by atoms with E-state index in [-0.39, 0.29) is 5.54 Å². The summed E-state index contributed by atoms with van der Waals surface area (Å²) in [5, 5.41) is 33.8. The van der Waals surface area contributed by atoms with E-state index in [0.717, 1.165) is 12.5 Å². The van der Waals surface area contributed by atoms with Crippen LogP contribution in [0.2, 0.25) is 0 Å². The lowest BCUT2D eigenvalue weighted by Gasteiger charge is -2.45. The summed E-state index contributed by atoms with van der Waals surface area (Å²) in [7, 11) is 4.41. The molecule has 0 unspecified atom stereocenters. The van der Waals surface area contributed by atoms with Crippen LogP contribution in [0.1, 0.15) is 44.1 Å². The number of hydrogen-bond donors (Lipinski definition) is 5. The van der Waals surface area contributed by atoms with Gasteiger partial charge in [-0.1, -0.05) is 30.3 Å². The van der Waals surface area contributed by atoms with Crippen LogP contribution in [-0.2, 0) is 19.9 Å². The van der Waals surface area contributed by atoms with Gasteiger partial charge in [0.05, 0.1) is 12.8 Å². The lowest BCUT2D eigenvalue weighted by Crippen LogP contribution is -2.45. The van der Waals surface area contributed by atoms with E-state index in [1.54, 1.807) is 0 Å². The van der Waals surface area contributed by atoms with E-state index in [4.69, 9.17) is 26.2 Å². The van der Waals surface area contributed by atoms with Crippen LogP contribution in [0.25, 0.3) is 0 Å². The van der Waals surface area contributed by atoms with Crippen molar-refractivity contribution in [3.05, 3.63) is 35.9 Å². The first kappa shape index (κ1) is 25.5. The van der Waals surface area contributed by atoms with Crippen molar-refractivity contribution >= 4 is 17.9 Å². The summed E-state index contributed by atoms with van der Waals surface area (Å²) in [6.07, 6.45) is 2.67. The minimum Gasteiger partial charge on any atom is -0.481 e. The molecule has 1 fully saturated rings. The van der Waals surface area contributed by atoms with Crippen LogP contribution in [0.15, 0.2) is 30.3 Å². The zero-order chi connectivity index (χ0) is 22.9. The third kappa shape index (κ3) is 6.79. The van der Waals surface area contributed by atoms with E-state index >= 15 is 0 Å². The van der Waals surface area contributed by atoms with E-state index in [0.29, 0.717) is 0 Å². The SMILES string of the molecule is CN(C)C1(c2ccccc2)CCC(CN)CC1.O=C(O)CC(O)(CC(=O)O)C(=O)O. The minimum atomic E-state index is -2.74. The van der Waals surface area contributed by atoms with E-state index in [2.05, 4.69) is 49.3 Å². The van der Waals surface area contributed by atoms with Crippen LogP contribution < -0.4 is 5.73 Å². The highest BCUT2D eigenvalue weighted by molar-refractivity contribution is 5.88. The maximum Gasteiger partial charge on any atom is 0.336 e. The van der Waals surface area contributed by atoms with Gasteiger partial charge < -0.3 is 26.2 Å². The average Bonchev–Trinajstić information content (AvgIpc) is 2.67. The molecule has 30 heavy (non-hydrogen) atoms. The van der Waals surface area contributed by atoms with Crippen molar-refractivity contribution in [2.24, 2.45) is 11.7 Å². The number of aliphatic hydroxyl groups is 1. The van der Waals surface area contributed by atoms with Crippen LogP contribution >= 0.6 is 0 Å². The first-order valence-corrected chi connectivity index (χ1v) is 9.79. The Labute approximate surface area is 176 Å². The molecule has 9 heteroatoms. The Morgan fingerprint density at radius 3 is 1.83 bits per heavy atom. The third-order valence-corrected chi connectivity index (χ3v) is 5.72. The van der Waals surface area contributed by atoms with Gasteiger partial charge in [0.1, 0.15) is 0 Å². The standard InChI is InChI=1S/C15H24N2.C6H8O7/c1-17(2)15(14-6-4-3-5-7-14)10-8-13(12-16)9-11-15;7-3(8)1-6(13,5(11)12)2-4(9)10/h3-7,13H,8-12,16H2,1-2H3;13H,1-2H2,(H,7,8)(H,9,10)(H,11,12). The molecule has 1 aromatic rings. The number of aliphatic carboxylic acids is 3. The molecule has 1 aromatic carbocycles. The zero-order valence-corrected chi connectivity index (χ0v) is 17.5. The second-order valence-corrected chi connectivity index (χ2v) is 7.95. The van der Waals surface area contributed by atoms with Crippen LogP contribution in [-0.4, -0.2) is 69.5 Å². The molecule has 1 aliphatic carbocycles. The van der Waals surface area contributed by atoms with Crippen LogP contribution in [0.5, 0.6) is 0 Å². The number of hydrogen-bond acceptors (Lipinski definition) is 6. The Balaban J connectivity index is 0.000000314. The third-order valence-electron chi connectivity index (χ3n) is 5.72. The molecular formula is C21H32N2O7. The Bertz CT molecular complexity index is 697. The van der Waals surface area contributed by atoms with E-state index in [1.165, 1.54) is 31.2 Å². The van der Waals surface area contributed by atoms with E-state index in [9.17, 15) is 14.4 Å². The molecule has 0 saturated heterocycles. The topological polar surface area (TPSA) is 161 Å². The summed E-state index contributed by atoms with van der Waals surface area (Å²) in [4.78, 5) is 32.9. The molecule has 0 radical (unpaired) electrons. The summed E-state index contributed by atoms with van der Waals surface area (Å²) in [5.74, 6) is -4.29. The largest absolute Gasteiger partial charge is 0.481 e. The quantitative estimate of drug-likeness (QED) is 0.414. The van der Waals surface area contributed by atoms with Crippen molar-refractivity contribution in [2.75, 3.05) is 20.6 Å². The van der Waals surface area contributed by atoms with Gasteiger partial charge in [0.25, 0.3) is 0 Å². The van der Waals surface area contributed by atoms with Gasteiger partial charge in [-0.25, -0.2) is 4.79 Å². The zero-order valence-electron chi connectivity index (χ0n) is 17.5. The number of rotatable bonds is 8. The van der Waals surface area contributed by atoms with Crippen molar-refractivity contribution in [3.8, 4) is 0 Å². The molecule has 6 N–H and O–H groups in total. The summed E-state index contributed by atoms with van der Waals surface area (Å²) in [6.45, 7) is 0.846. The predicted octanol–water partition coefficient (Wildman–Crippen LogP) is 1.34. The van der Waals surface area contributed by atoms with Crippen molar-refractivity contribution in [1.82, 2.24) is 4.90 Å². The fraction of sp³-hybridized carbons (Fsp3) is 0.571. The lowest BCUT2D eigenvalue weighted by atomic mass is 9.72. The van der Waals surface area contributed by atoms with Gasteiger partial charge in [0.15, 0.2) is 5.60 Å². The molecule has 168 valence electrons. The molecule has 1 saturated carbocycles. The minimum absolute atomic E-state index is 0.229. The van der Waals surface area contributed by atoms with E-state index < -0.39 is 36.4 Å². The van der Waals surface area contributed by atoms with Gasteiger partial charge in [-0.15, -0.1) is 0 Å². The van der Waals surface area contributed by atoms with Crippen molar-refractivity contribution in [1.29, 1.82) is 0 Å². The number of nitrogens with zero attached hydrogens (tertiary/aromatic N) is 1. The highest BCUT2D eigenvalue weighted by Gasteiger charge is 2.41. The molecule has 2 rings (SSSR count).